The van der Waals surface area contributed by atoms with E-state index in [9.17, 15) is 4.79 Å². The van der Waals surface area contributed by atoms with Crippen LogP contribution in [0, 0.1) is 0 Å². The van der Waals surface area contributed by atoms with Gasteiger partial charge in [0.15, 0.2) is 0 Å². The number of ether oxygens (including phenoxy) is 1. The van der Waals surface area contributed by atoms with Gasteiger partial charge < -0.3 is 9.64 Å². The van der Waals surface area contributed by atoms with E-state index in [2.05, 4.69) is 22.9 Å². The van der Waals surface area contributed by atoms with E-state index < -0.39 is 0 Å². The van der Waals surface area contributed by atoms with Crippen molar-refractivity contribution >= 4 is 33.2 Å². The molecule has 1 amide bonds. The number of aryl methyl sites for hydroxylation is 1. The first kappa shape index (κ1) is 13.1. The number of hydrogen-bond acceptors (Lipinski definition) is 3. The van der Waals surface area contributed by atoms with Crippen molar-refractivity contribution in [3.8, 4) is 0 Å². The monoisotopic (exact) mass is 317 g/mol. The van der Waals surface area contributed by atoms with Crippen LogP contribution in [0.2, 0.25) is 0 Å². The fraction of sp³-hybridized carbons (Fsp3) is 0.583. The van der Waals surface area contributed by atoms with Gasteiger partial charge in [0, 0.05) is 11.9 Å². The number of carbonyl (C=O) groups is 1. The van der Waals surface area contributed by atoms with E-state index >= 15 is 0 Å². The summed E-state index contributed by atoms with van der Waals surface area (Å²) in [5, 5.41) is 2.77. The second-order valence-corrected chi connectivity index (χ2v) is 5.57. The second-order valence-electron chi connectivity index (χ2n) is 4.01. The Balaban J connectivity index is 2.18. The topological polar surface area (TPSA) is 29.5 Å². The zero-order chi connectivity index (χ0) is 12.3. The van der Waals surface area contributed by atoms with Crippen molar-refractivity contribution in [1.82, 2.24) is 4.90 Å². The summed E-state index contributed by atoms with van der Waals surface area (Å²) in [5.74, 6) is 0.157. The average Bonchev–Trinajstić information content (AvgIpc) is 2.86. The van der Waals surface area contributed by atoms with Crippen LogP contribution in [0.15, 0.2) is 11.4 Å². The van der Waals surface area contributed by atoms with Crippen molar-refractivity contribution in [2.24, 2.45) is 0 Å². The number of rotatable bonds is 3. The van der Waals surface area contributed by atoms with E-state index in [4.69, 9.17) is 4.74 Å². The first-order chi connectivity index (χ1) is 8.27. The largest absolute Gasteiger partial charge is 0.377 e. The van der Waals surface area contributed by atoms with E-state index in [0.717, 1.165) is 22.2 Å². The van der Waals surface area contributed by atoms with Crippen LogP contribution in [-0.4, -0.2) is 41.9 Å². The third-order valence-corrected chi connectivity index (χ3v) is 4.68. The molecular weight excluding hydrogens is 302 g/mol. The lowest BCUT2D eigenvalue weighted by atomic mass is 10.1. The summed E-state index contributed by atoms with van der Waals surface area (Å²) in [5.41, 5.74) is 1.15. The van der Waals surface area contributed by atoms with Crippen LogP contribution in [0.3, 0.4) is 0 Å². The number of thiophene rings is 1. The van der Waals surface area contributed by atoms with E-state index in [1.54, 1.807) is 11.3 Å². The SMILES string of the molecule is CCc1ccsc1C(=O)N1CCOCC1CBr. The van der Waals surface area contributed by atoms with Gasteiger partial charge in [-0.1, -0.05) is 22.9 Å². The third-order valence-electron chi connectivity index (χ3n) is 2.99. The van der Waals surface area contributed by atoms with Gasteiger partial charge in [0.2, 0.25) is 0 Å². The summed E-state index contributed by atoms with van der Waals surface area (Å²) < 4.78 is 5.41. The van der Waals surface area contributed by atoms with Crippen LogP contribution in [0.1, 0.15) is 22.2 Å². The van der Waals surface area contributed by atoms with Crippen LogP contribution in [0.25, 0.3) is 0 Å². The molecule has 5 heteroatoms. The Kier molecular flexibility index (Phi) is 4.59. The lowest BCUT2D eigenvalue weighted by Gasteiger charge is -2.34. The molecule has 1 atom stereocenters. The minimum atomic E-state index is 0.156. The first-order valence-electron chi connectivity index (χ1n) is 5.79. The van der Waals surface area contributed by atoms with Crippen molar-refractivity contribution < 1.29 is 9.53 Å². The standard InChI is InChI=1S/C12H16BrNO2S/c1-2-9-3-6-17-11(9)12(15)14-4-5-16-8-10(14)7-13/h3,6,10H,2,4-5,7-8H2,1H3. The molecule has 17 heavy (non-hydrogen) atoms. The lowest BCUT2D eigenvalue weighted by Crippen LogP contribution is -2.49. The summed E-state index contributed by atoms with van der Waals surface area (Å²) in [4.78, 5) is 15.3. The summed E-state index contributed by atoms with van der Waals surface area (Å²) in [7, 11) is 0. The predicted molar refractivity (Wildman–Crippen MR) is 73.1 cm³/mol. The van der Waals surface area contributed by atoms with Crippen molar-refractivity contribution in [3.05, 3.63) is 21.9 Å². The number of amides is 1. The minimum absolute atomic E-state index is 0.156. The van der Waals surface area contributed by atoms with Crippen molar-refractivity contribution in [2.45, 2.75) is 19.4 Å². The predicted octanol–water partition coefficient (Wildman–Crippen LogP) is 2.55. The van der Waals surface area contributed by atoms with Gasteiger partial charge in [-0.05, 0) is 23.4 Å². The van der Waals surface area contributed by atoms with Gasteiger partial charge in [0.25, 0.3) is 5.91 Å². The zero-order valence-corrected chi connectivity index (χ0v) is 12.2. The normalized spacial score (nSPS) is 20.6. The van der Waals surface area contributed by atoms with Gasteiger partial charge in [0.1, 0.15) is 0 Å². The van der Waals surface area contributed by atoms with Gasteiger partial charge in [-0.2, -0.15) is 0 Å². The molecule has 0 radical (unpaired) electrons. The van der Waals surface area contributed by atoms with Gasteiger partial charge in [-0.25, -0.2) is 0 Å². The lowest BCUT2D eigenvalue weighted by molar-refractivity contribution is 0.00547. The Hall–Kier alpha value is -0.390. The zero-order valence-electron chi connectivity index (χ0n) is 9.82. The molecule has 1 aromatic heterocycles. The second kappa shape index (κ2) is 5.98. The van der Waals surface area contributed by atoms with Gasteiger partial charge >= 0.3 is 0 Å². The number of morpholine rings is 1. The number of carbonyl (C=O) groups excluding carboxylic acids is 1. The molecular formula is C12H16BrNO2S. The highest BCUT2D eigenvalue weighted by Gasteiger charge is 2.28. The van der Waals surface area contributed by atoms with Crippen LogP contribution in [0.5, 0.6) is 0 Å². The quantitative estimate of drug-likeness (QED) is 0.802. The maximum atomic E-state index is 12.5. The Bertz CT molecular complexity index is 394. The molecule has 1 unspecified atom stereocenters. The molecule has 0 aliphatic carbocycles. The van der Waals surface area contributed by atoms with Gasteiger partial charge in [-0.15, -0.1) is 11.3 Å². The summed E-state index contributed by atoms with van der Waals surface area (Å²) in [6.45, 7) is 4.04. The number of nitrogens with zero attached hydrogens (tertiary/aromatic N) is 1. The molecule has 1 aliphatic rings. The summed E-state index contributed by atoms with van der Waals surface area (Å²) in [6, 6.07) is 2.20. The van der Waals surface area contributed by atoms with Crippen molar-refractivity contribution in [2.75, 3.05) is 25.1 Å². The van der Waals surface area contributed by atoms with E-state index in [0.29, 0.717) is 19.8 Å². The van der Waals surface area contributed by atoms with Crippen molar-refractivity contribution in [1.29, 1.82) is 0 Å². The summed E-state index contributed by atoms with van der Waals surface area (Å²) >= 11 is 4.99. The highest BCUT2D eigenvalue weighted by atomic mass is 79.9. The third kappa shape index (κ3) is 2.72. The number of hydrogen-bond donors (Lipinski definition) is 0. The van der Waals surface area contributed by atoms with Gasteiger partial charge in [0.05, 0.1) is 24.1 Å². The maximum absolute atomic E-state index is 12.5. The molecule has 0 aromatic carbocycles. The molecule has 3 nitrogen and oxygen atoms in total. The summed E-state index contributed by atoms with van der Waals surface area (Å²) in [6.07, 6.45) is 0.911. The molecule has 0 saturated carbocycles. The molecule has 2 heterocycles. The minimum Gasteiger partial charge on any atom is -0.377 e. The smallest absolute Gasteiger partial charge is 0.264 e. The molecule has 1 fully saturated rings. The Morgan fingerprint density at radius 3 is 3.24 bits per heavy atom. The molecule has 0 spiro atoms. The first-order valence-corrected chi connectivity index (χ1v) is 7.79. The molecule has 1 saturated heterocycles. The van der Waals surface area contributed by atoms with Crippen LogP contribution in [0.4, 0.5) is 0 Å². The fourth-order valence-electron chi connectivity index (χ4n) is 1.98. The van der Waals surface area contributed by atoms with Crippen LogP contribution in [-0.2, 0) is 11.2 Å². The van der Waals surface area contributed by atoms with E-state index in [1.807, 2.05) is 16.3 Å². The Morgan fingerprint density at radius 2 is 2.53 bits per heavy atom. The molecule has 2 rings (SSSR count). The molecule has 1 aliphatic heterocycles. The highest BCUT2D eigenvalue weighted by Crippen LogP contribution is 2.22. The Labute approximate surface area is 114 Å². The maximum Gasteiger partial charge on any atom is 0.264 e. The van der Waals surface area contributed by atoms with Gasteiger partial charge in [-0.3, -0.25) is 4.79 Å². The molecule has 94 valence electrons. The molecule has 0 N–H and O–H groups in total. The van der Waals surface area contributed by atoms with E-state index in [-0.39, 0.29) is 11.9 Å². The molecule has 0 bridgehead atoms. The Morgan fingerprint density at radius 1 is 1.71 bits per heavy atom. The van der Waals surface area contributed by atoms with E-state index in [1.165, 1.54) is 0 Å². The average molecular weight is 318 g/mol. The van der Waals surface area contributed by atoms with Crippen LogP contribution >= 0.6 is 27.3 Å². The molecule has 1 aromatic rings. The fourth-order valence-corrected chi connectivity index (χ4v) is 3.47. The van der Waals surface area contributed by atoms with Crippen molar-refractivity contribution in [3.63, 3.8) is 0 Å². The van der Waals surface area contributed by atoms with Crippen LogP contribution < -0.4 is 0 Å². The number of halogens is 1. The highest BCUT2D eigenvalue weighted by molar-refractivity contribution is 9.09. The number of alkyl halides is 1.